The SMILES string of the molecule is O=C(c1ccc(Cl)c2ccccc12)C1C2C3CCC(C3)C12. The van der Waals surface area contributed by atoms with Crippen LogP contribution in [-0.4, -0.2) is 5.78 Å². The molecule has 2 aromatic carbocycles. The van der Waals surface area contributed by atoms with E-state index in [-0.39, 0.29) is 0 Å². The second-order valence-corrected chi connectivity index (χ2v) is 7.43. The molecule has 2 heteroatoms. The number of ketones is 1. The summed E-state index contributed by atoms with van der Waals surface area (Å²) in [5.41, 5.74) is 0.883. The minimum atomic E-state index is 0.306. The fourth-order valence-corrected chi connectivity index (χ4v) is 5.56. The molecule has 4 unspecified atom stereocenters. The highest BCUT2D eigenvalue weighted by molar-refractivity contribution is 6.36. The number of carbonyl (C=O) groups is 1. The zero-order valence-electron chi connectivity index (χ0n) is 11.8. The topological polar surface area (TPSA) is 17.1 Å². The zero-order valence-corrected chi connectivity index (χ0v) is 12.5. The van der Waals surface area contributed by atoms with E-state index in [1.54, 1.807) is 0 Å². The van der Waals surface area contributed by atoms with Gasteiger partial charge < -0.3 is 0 Å². The highest BCUT2D eigenvalue weighted by Crippen LogP contribution is 2.70. The van der Waals surface area contributed by atoms with Gasteiger partial charge >= 0.3 is 0 Å². The van der Waals surface area contributed by atoms with Crippen LogP contribution < -0.4 is 0 Å². The van der Waals surface area contributed by atoms with Gasteiger partial charge in [0.15, 0.2) is 5.78 Å². The Balaban J connectivity index is 1.57. The van der Waals surface area contributed by atoms with Crippen molar-refractivity contribution in [3.05, 3.63) is 47.0 Å². The smallest absolute Gasteiger partial charge is 0.167 e. The molecule has 5 rings (SSSR count). The van der Waals surface area contributed by atoms with Gasteiger partial charge in [0.25, 0.3) is 0 Å². The lowest BCUT2D eigenvalue weighted by Crippen LogP contribution is -2.10. The van der Waals surface area contributed by atoms with E-state index < -0.39 is 0 Å². The molecule has 0 amide bonds. The van der Waals surface area contributed by atoms with Gasteiger partial charge in [-0.05, 0) is 60.5 Å². The fraction of sp³-hybridized carbons (Fsp3) is 0.421. The average molecular weight is 297 g/mol. The van der Waals surface area contributed by atoms with E-state index in [2.05, 4.69) is 0 Å². The largest absolute Gasteiger partial charge is 0.294 e. The fourth-order valence-electron chi connectivity index (χ4n) is 5.33. The normalized spacial score (nSPS) is 36.0. The number of halogens is 1. The molecule has 3 aliphatic rings. The van der Waals surface area contributed by atoms with Gasteiger partial charge in [-0.15, -0.1) is 0 Å². The predicted molar refractivity (Wildman–Crippen MR) is 84.6 cm³/mol. The molecular weight excluding hydrogens is 280 g/mol. The van der Waals surface area contributed by atoms with Gasteiger partial charge in [-0.3, -0.25) is 4.79 Å². The van der Waals surface area contributed by atoms with Gasteiger partial charge in [0.1, 0.15) is 0 Å². The van der Waals surface area contributed by atoms with E-state index in [4.69, 9.17) is 11.6 Å². The molecule has 0 aromatic heterocycles. The van der Waals surface area contributed by atoms with Crippen molar-refractivity contribution in [1.82, 2.24) is 0 Å². The van der Waals surface area contributed by atoms with Crippen molar-refractivity contribution in [2.75, 3.05) is 0 Å². The highest BCUT2D eigenvalue weighted by Gasteiger charge is 2.67. The third-order valence-electron chi connectivity index (χ3n) is 6.17. The third-order valence-corrected chi connectivity index (χ3v) is 6.50. The van der Waals surface area contributed by atoms with Crippen molar-refractivity contribution in [2.24, 2.45) is 29.6 Å². The van der Waals surface area contributed by atoms with Crippen molar-refractivity contribution in [2.45, 2.75) is 19.3 Å². The van der Waals surface area contributed by atoms with Gasteiger partial charge in [0.2, 0.25) is 0 Å². The molecule has 0 aliphatic heterocycles. The molecule has 0 spiro atoms. The Morgan fingerprint density at radius 2 is 1.62 bits per heavy atom. The molecular formula is C19H17ClO. The number of Topliss-reactive ketones (excluding diaryl/α,β-unsaturated/α-hetero) is 1. The van der Waals surface area contributed by atoms with Crippen molar-refractivity contribution in [1.29, 1.82) is 0 Å². The Morgan fingerprint density at radius 3 is 2.33 bits per heavy atom. The van der Waals surface area contributed by atoms with E-state index in [1.807, 2.05) is 36.4 Å². The summed E-state index contributed by atoms with van der Waals surface area (Å²) in [6.45, 7) is 0. The van der Waals surface area contributed by atoms with E-state index in [9.17, 15) is 4.79 Å². The minimum Gasteiger partial charge on any atom is -0.294 e. The van der Waals surface area contributed by atoms with Crippen LogP contribution in [0.4, 0.5) is 0 Å². The summed E-state index contributed by atoms with van der Waals surface area (Å²) in [6, 6.07) is 11.8. The van der Waals surface area contributed by atoms with Gasteiger partial charge in [-0.25, -0.2) is 0 Å². The van der Waals surface area contributed by atoms with Gasteiger partial charge in [0, 0.05) is 21.9 Å². The zero-order chi connectivity index (χ0) is 14.1. The predicted octanol–water partition coefficient (Wildman–Crippen LogP) is 4.97. The lowest BCUT2D eigenvalue weighted by atomic mass is 9.93. The first-order valence-electron chi connectivity index (χ1n) is 7.97. The van der Waals surface area contributed by atoms with Crippen LogP contribution in [0.25, 0.3) is 10.8 Å². The van der Waals surface area contributed by atoms with Crippen molar-refractivity contribution >= 4 is 28.2 Å². The summed E-state index contributed by atoms with van der Waals surface area (Å²) in [6.07, 6.45) is 4.11. The van der Waals surface area contributed by atoms with Crippen molar-refractivity contribution in [3.8, 4) is 0 Å². The molecule has 3 fully saturated rings. The van der Waals surface area contributed by atoms with Crippen molar-refractivity contribution in [3.63, 3.8) is 0 Å². The number of rotatable bonds is 2. The maximum atomic E-state index is 13.0. The lowest BCUT2D eigenvalue weighted by molar-refractivity contribution is 0.0946. The molecule has 0 N–H and O–H groups in total. The van der Waals surface area contributed by atoms with Crippen LogP contribution in [0.15, 0.2) is 36.4 Å². The molecule has 3 saturated carbocycles. The van der Waals surface area contributed by atoms with Gasteiger partial charge in [-0.1, -0.05) is 35.9 Å². The van der Waals surface area contributed by atoms with E-state index in [1.165, 1.54) is 19.3 Å². The van der Waals surface area contributed by atoms with Crippen LogP contribution >= 0.6 is 11.6 Å². The number of carbonyl (C=O) groups excluding carboxylic acids is 1. The van der Waals surface area contributed by atoms with Gasteiger partial charge in [-0.2, -0.15) is 0 Å². The maximum absolute atomic E-state index is 13.0. The number of hydrogen-bond acceptors (Lipinski definition) is 1. The molecule has 2 bridgehead atoms. The number of benzene rings is 2. The molecule has 106 valence electrons. The van der Waals surface area contributed by atoms with Crippen LogP contribution in [0.5, 0.6) is 0 Å². The Morgan fingerprint density at radius 1 is 0.952 bits per heavy atom. The number of hydrogen-bond donors (Lipinski definition) is 0. The molecule has 2 aromatic rings. The monoisotopic (exact) mass is 296 g/mol. The molecule has 0 radical (unpaired) electrons. The molecule has 21 heavy (non-hydrogen) atoms. The van der Waals surface area contributed by atoms with Crippen LogP contribution in [0.1, 0.15) is 29.6 Å². The van der Waals surface area contributed by atoms with Crippen LogP contribution in [-0.2, 0) is 0 Å². The lowest BCUT2D eigenvalue weighted by Gasteiger charge is -2.10. The first kappa shape index (κ1) is 12.2. The second kappa shape index (κ2) is 4.10. The Bertz CT molecular complexity index is 749. The van der Waals surface area contributed by atoms with E-state index >= 15 is 0 Å². The summed E-state index contributed by atoms with van der Waals surface area (Å²) in [4.78, 5) is 13.0. The first-order chi connectivity index (χ1) is 10.3. The van der Waals surface area contributed by atoms with E-state index in [0.29, 0.717) is 23.5 Å². The Kier molecular flexibility index (Phi) is 2.39. The Labute approximate surface area is 129 Å². The highest BCUT2D eigenvalue weighted by atomic mass is 35.5. The first-order valence-corrected chi connectivity index (χ1v) is 8.35. The molecule has 1 nitrogen and oxygen atoms in total. The quantitative estimate of drug-likeness (QED) is 0.715. The third kappa shape index (κ3) is 1.56. The summed E-state index contributed by atoms with van der Waals surface area (Å²) in [7, 11) is 0. The van der Waals surface area contributed by atoms with Crippen molar-refractivity contribution < 1.29 is 4.79 Å². The molecule has 4 atom stereocenters. The average Bonchev–Trinajstić information content (AvgIpc) is 2.95. The molecule has 0 saturated heterocycles. The van der Waals surface area contributed by atoms with E-state index in [0.717, 1.165) is 33.2 Å². The number of fused-ring (bicyclic) bond motifs is 6. The summed E-state index contributed by atoms with van der Waals surface area (Å²) >= 11 is 6.27. The Hall–Kier alpha value is -1.34. The van der Waals surface area contributed by atoms with Crippen LogP contribution in [0.3, 0.4) is 0 Å². The molecule has 3 aliphatic carbocycles. The minimum absolute atomic E-state index is 0.306. The van der Waals surface area contributed by atoms with Gasteiger partial charge in [0.05, 0.1) is 0 Å². The van der Waals surface area contributed by atoms with Crippen LogP contribution in [0.2, 0.25) is 5.02 Å². The second-order valence-electron chi connectivity index (χ2n) is 7.02. The maximum Gasteiger partial charge on any atom is 0.167 e. The standard InChI is InChI=1S/C19H17ClO/c20-15-8-7-14(12-3-1-2-4-13(12)15)19(21)18-16-10-5-6-11(9-10)17(16)18/h1-4,7-8,10-11,16-18H,5-6,9H2. The summed E-state index contributed by atoms with van der Waals surface area (Å²) in [5.74, 6) is 3.76. The summed E-state index contributed by atoms with van der Waals surface area (Å²) in [5, 5.41) is 2.75. The summed E-state index contributed by atoms with van der Waals surface area (Å²) < 4.78 is 0. The van der Waals surface area contributed by atoms with Crippen LogP contribution in [0, 0.1) is 29.6 Å². The molecule has 0 heterocycles.